The van der Waals surface area contributed by atoms with Crippen LogP contribution in [0.2, 0.25) is 0 Å². The van der Waals surface area contributed by atoms with Gasteiger partial charge in [0.05, 0.1) is 0 Å². The Labute approximate surface area is 84.1 Å². The predicted octanol–water partition coefficient (Wildman–Crippen LogP) is 2.36. The normalized spacial score (nSPS) is 13.8. The summed E-state index contributed by atoms with van der Waals surface area (Å²) >= 11 is 0. The van der Waals surface area contributed by atoms with E-state index in [0.717, 1.165) is 6.42 Å². The van der Waals surface area contributed by atoms with E-state index in [2.05, 4.69) is 0 Å². The molecule has 14 heavy (non-hydrogen) atoms. The Bertz CT molecular complexity index is 246. The van der Waals surface area contributed by atoms with Gasteiger partial charge >= 0.3 is 0 Å². The molecular formula is C10H17NO3. The number of Topliss-reactive ketones (excluding diaryl/α,β-unsaturated/α-hetero) is 1. The zero-order chi connectivity index (χ0) is 11.1. The van der Waals surface area contributed by atoms with E-state index in [0.29, 0.717) is 12.0 Å². The minimum absolute atomic E-state index is 0.0144. The molecule has 0 fully saturated rings. The summed E-state index contributed by atoms with van der Waals surface area (Å²) in [5, 5.41) is 10.4. The van der Waals surface area contributed by atoms with Crippen LogP contribution in [0, 0.1) is 10.1 Å². The van der Waals surface area contributed by atoms with Crippen LogP contribution in [-0.4, -0.2) is 16.7 Å². The maximum atomic E-state index is 11.4. The van der Waals surface area contributed by atoms with E-state index in [1.165, 1.54) is 6.92 Å². The number of carbonyl (C=O) groups excluding carboxylic acids is 1. The van der Waals surface area contributed by atoms with Crippen LogP contribution in [0.1, 0.15) is 40.0 Å². The number of allylic oxidation sites excluding steroid dienone is 1. The lowest BCUT2D eigenvalue weighted by molar-refractivity contribution is -0.517. The van der Waals surface area contributed by atoms with Gasteiger partial charge in [-0.1, -0.05) is 19.9 Å². The van der Waals surface area contributed by atoms with E-state index >= 15 is 0 Å². The standard InChI is InChI=1S/C10H17NO3/c1-4-6-9(10(12)5-2)7-8(3)11(13)14/h6,8H,4-5,7H2,1-3H3/b9-6+. The van der Waals surface area contributed by atoms with Crippen molar-refractivity contribution in [3.05, 3.63) is 21.8 Å². The van der Waals surface area contributed by atoms with E-state index in [1.54, 1.807) is 13.0 Å². The summed E-state index contributed by atoms with van der Waals surface area (Å²) in [4.78, 5) is 21.4. The van der Waals surface area contributed by atoms with Crippen LogP contribution in [-0.2, 0) is 4.79 Å². The van der Waals surface area contributed by atoms with Crippen LogP contribution >= 0.6 is 0 Å². The maximum absolute atomic E-state index is 11.4. The highest BCUT2D eigenvalue weighted by Crippen LogP contribution is 2.11. The van der Waals surface area contributed by atoms with Crippen molar-refractivity contribution in [2.45, 2.75) is 46.1 Å². The minimum atomic E-state index is -0.678. The molecule has 0 aromatic heterocycles. The van der Waals surface area contributed by atoms with Gasteiger partial charge in [0.15, 0.2) is 5.78 Å². The number of hydrogen-bond donors (Lipinski definition) is 0. The second-order valence-electron chi connectivity index (χ2n) is 3.25. The molecule has 0 saturated heterocycles. The molecule has 0 aliphatic rings. The number of nitrogens with zero attached hydrogens (tertiary/aromatic N) is 1. The first-order valence-electron chi connectivity index (χ1n) is 4.88. The third-order valence-electron chi connectivity index (χ3n) is 2.01. The molecule has 4 heteroatoms. The van der Waals surface area contributed by atoms with Gasteiger partial charge in [0.25, 0.3) is 0 Å². The summed E-state index contributed by atoms with van der Waals surface area (Å²) in [5.74, 6) is 0.0144. The van der Waals surface area contributed by atoms with Crippen molar-refractivity contribution in [1.29, 1.82) is 0 Å². The highest BCUT2D eigenvalue weighted by molar-refractivity contribution is 5.95. The molecular weight excluding hydrogens is 182 g/mol. The number of carbonyl (C=O) groups is 1. The molecule has 0 heterocycles. The molecule has 0 rings (SSSR count). The van der Waals surface area contributed by atoms with Crippen LogP contribution in [0.3, 0.4) is 0 Å². The number of ketones is 1. The first kappa shape index (κ1) is 12.8. The highest BCUT2D eigenvalue weighted by Gasteiger charge is 2.18. The van der Waals surface area contributed by atoms with Crippen LogP contribution in [0.5, 0.6) is 0 Å². The van der Waals surface area contributed by atoms with Gasteiger partial charge in [-0.3, -0.25) is 14.9 Å². The molecule has 80 valence electrons. The molecule has 1 unspecified atom stereocenters. The third kappa shape index (κ3) is 4.16. The van der Waals surface area contributed by atoms with Crippen molar-refractivity contribution in [2.75, 3.05) is 0 Å². The number of hydrogen-bond acceptors (Lipinski definition) is 3. The Morgan fingerprint density at radius 3 is 2.43 bits per heavy atom. The fourth-order valence-electron chi connectivity index (χ4n) is 1.18. The smallest absolute Gasteiger partial charge is 0.214 e. The number of rotatable bonds is 6. The molecule has 0 amide bonds. The Morgan fingerprint density at radius 1 is 1.50 bits per heavy atom. The molecule has 0 aromatic carbocycles. The SMILES string of the molecule is CC/C=C(\CC(C)[N+](=O)[O-])C(=O)CC. The van der Waals surface area contributed by atoms with Gasteiger partial charge in [0.1, 0.15) is 0 Å². The largest absolute Gasteiger partial charge is 0.295 e. The molecule has 0 bridgehead atoms. The summed E-state index contributed by atoms with van der Waals surface area (Å²) in [7, 11) is 0. The van der Waals surface area contributed by atoms with Gasteiger partial charge in [-0.15, -0.1) is 0 Å². The zero-order valence-electron chi connectivity index (χ0n) is 8.95. The first-order chi connectivity index (χ1) is 6.52. The second kappa shape index (κ2) is 6.29. The Balaban J connectivity index is 4.46. The zero-order valence-corrected chi connectivity index (χ0v) is 8.95. The Morgan fingerprint density at radius 2 is 2.07 bits per heavy atom. The van der Waals surface area contributed by atoms with Crippen molar-refractivity contribution in [3.63, 3.8) is 0 Å². The van der Waals surface area contributed by atoms with Gasteiger partial charge < -0.3 is 0 Å². The van der Waals surface area contributed by atoms with Crippen molar-refractivity contribution in [1.82, 2.24) is 0 Å². The fourth-order valence-corrected chi connectivity index (χ4v) is 1.18. The molecule has 0 aromatic rings. The van der Waals surface area contributed by atoms with Crippen molar-refractivity contribution in [3.8, 4) is 0 Å². The van der Waals surface area contributed by atoms with E-state index in [4.69, 9.17) is 0 Å². The summed E-state index contributed by atoms with van der Waals surface area (Å²) in [6.07, 6.45) is 3.18. The van der Waals surface area contributed by atoms with E-state index in [-0.39, 0.29) is 17.1 Å². The van der Waals surface area contributed by atoms with E-state index < -0.39 is 6.04 Å². The lowest BCUT2D eigenvalue weighted by Gasteiger charge is -2.06. The molecule has 0 saturated carbocycles. The maximum Gasteiger partial charge on any atom is 0.214 e. The third-order valence-corrected chi connectivity index (χ3v) is 2.01. The topological polar surface area (TPSA) is 60.2 Å². The average molecular weight is 199 g/mol. The lowest BCUT2D eigenvalue weighted by atomic mass is 10.0. The monoisotopic (exact) mass is 199 g/mol. The second-order valence-corrected chi connectivity index (χ2v) is 3.25. The van der Waals surface area contributed by atoms with Crippen molar-refractivity contribution < 1.29 is 9.72 Å². The summed E-state index contributed by atoms with van der Waals surface area (Å²) in [6, 6.07) is -0.678. The quantitative estimate of drug-likeness (QED) is 0.375. The highest BCUT2D eigenvalue weighted by atomic mass is 16.6. The van der Waals surface area contributed by atoms with E-state index in [1.807, 2.05) is 6.92 Å². The molecule has 0 aliphatic carbocycles. The summed E-state index contributed by atoms with van der Waals surface area (Å²) < 4.78 is 0. The van der Waals surface area contributed by atoms with Gasteiger partial charge in [-0.2, -0.15) is 0 Å². The van der Waals surface area contributed by atoms with Crippen molar-refractivity contribution in [2.24, 2.45) is 0 Å². The predicted molar refractivity (Wildman–Crippen MR) is 54.7 cm³/mol. The van der Waals surface area contributed by atoms with Crippen molar-refractivity contribution >= 4 is 5.78 Å². The molecule has 0 radical (unpaired) electrons. The van der Waals surface area contributed by atoms with Gasteiger partial charge in [-0.05, 0) is 12.0 Å². The van der Waals surface area contributed by atoms with Gasteiger partial charge in [-0.25, -0.2) is 0 Å². The fraction of sp³-hybridized carbons (Fsp3) is 0.700. The Hall–Kier alpha value is -1.19. The summed E-state index contributed by atoms with van der Waals surface area (Å²) in [5.41, 5.74) is 0.596. The molecule has 0 aliphatic heterocycles. The summed E-state index contributed by atoms with van der Waals surface area (Å²) in [6.45, 7) is 5.20. The minimum Gasteiger partial charge on any atom is -0.295 e. The van der Waals surface area contributed by atoms with Crippen LogP contribution in [0.25, 0.3) is 0 Å². The Kier molecular flexibility index (Phi) is 5.76. The molecule has 1 atom stereocenters. The number of nitro groups is 1. The van der Waals surface area contributed by atoms with E-state index in [9.17, 15) is 14.9 Å². The average Bonchev–Trinajstić information content (AvgIpc) is 2.15. The molecule has 0 N–H and O–H groups in total. The molecule has 0 spiro atoms. The van der Waals surface area contributed by atoms with Crippen LogP contribution < -0.4 is 0 Å². The first-order valence-corrected chi connectivity index (χ1v) is 4.88. The van der Waals surface area contributed by atoms with Crippen LogP contribution in [0.4, 0.5) is 0 Å². The van der Waals surface area contributed by atoms with Gasteiger partial charge in [0.2, 0.25) is 6.04 Å². The van der Waals surface area contributed by atoms with Crippen LogP contribution in [0.15, 0.2) is 11.6 Å². The molecule has 4 nitrogen and oxygen atoms in total. The lowest BCUT2D eigenvalue weighted by Crippen LogP contribution is -2.18. The van der Waals surface area contributed by atoms with Gasteiger partial charge in [0, 0.05) is 24.7 Å².